The fourth-order valence-corrected chi connectivity index (χ4v) is 2.81. The average molecular weight is 292 g/mol. The van der Waals surface area contributed by atoms with E-state index in [0.717, 1.165) is 25.1 Å². The number of hydrogen-bond acceptors (Lipinski definition) is 3. The van der Waals surface area contributed by atoms with Crippen LogP contribution in [0.1, 0.15) is 48.8 Å². The summed E-state index contributed by atoms with van der Waals surface area (Å²) < 4.78 is 1.55. The summed E-state index contributed by atoms with van der Waals surface area (Å²) in [5, 5.41) is 6.93. The summed E-state index contributed by atoms with van der Waals surface area (Å²) in [6.45, 7) is 5.14. The third-order valence-corrected chi connectivity index (χ3v) is 3.98. The van der Waals surface area contributed by atoms with Crippen LogP contribution in [0.4, 0.5) is 0 Å². The Hall–Kier alpha value is -1.85. The highest BCUT2D eigenvalue weighted by Crippen LogP contribution is 2.16. The summed E-state index contributed by atoms with van der Waals surface area (Å²) in [6, 6.07) is 2.06. The van der Waals surface area contributed by atoms with E-state index in [1.807, 2.05) is 11.8 Å². The lowest BCUT2D eigenvalue weighted by Gasteiger charge is -2.33. The van der Waals surface area contributed by atoms with Gasteiger partial charge in [0.25, 0.3) is 5.91 Å². The maximum Gasteiger partial charge on any atom is 0.269 e. The molecule has 0 spiro atoms. The van der Waals surface area contributed by atoms with E-state index in [2.05, 4.69) is 17.3 Å². The van der Waals surface area contributed by atoms with Crippen LogP contribution in [-0.4, -0.2) is 45.6 Å². The first-order valence-corrected chi connectivity index (χ1v) is 7.57. The molecule has 116 valence electrons. The topological polar surface area (TPSA) is 67.2 Å². The fraction of sp³-hybridized carbons (Fsp3) is 0.667. The molecule has 21 heavy (non-hydrogen) atoms. The van der Waals surface area contributed by atoms with E-state index in [4.69, 9.17) is 0 Å². The van der Waals surface area contributed by atoms with Crippen LogP contribution in [0.15, 0.2) is 6.07 Å². The fourth-order valence-electron chi connectivity index (χ4n) is 2.81. The third-order valence-electron chi connectivity index (χ3n) is 3.98. The van der Waals surface area contributed by atoms with Gasteiger partial charge in [0.1, 0.15) is 5.69 Å². The summed E-state index contributed by atoms with van der Waals surface area (Å²) >= 11 is 0. The van der Waals surface area contributed by atoms with Gasteiger partial charge in [-0.05, 0) is 39.2 Å². The lowest BCUT2D eigenvalue weighted by atomic mass is 10.0. The number of aryl methyl sites for hydroxylation is 2. The predicted molar refractivity (Wildman–Crippen MR) is 79.9 cm³/mol. The van der Waals surface area contributed by atoms with Gasteiger partial charge in [-0.1, -0.05) is 0 Å². The largest absolute Gasteiger partial charge is 0.350 e. The Morgan fingerprint density at radius 2 is 2.19 bits per heavy atom. The normalized spacial score (nSPS) is 18.6. The molecule has 1 atom stereocenters. The van der Waals surface area contributed by atoms with E-state index in [9.17, 15) is 9.59 Å². The molecule has 0 saturated carbocycles. The van der Waals surface area contributed by atoms with Crippen molar-refractivity contribution in [2.24, 2.45) is 7.05 Å². The van der Waals surface area contributed by atoms with Crippen molar-refractivity contribution in [2.45, 2.75) is 45.6 Å². The Labute approximate surface area is 125 Å². The zero-order valence-corrected chi connectivity index (χ0v) is 13.1. The Morgan fingerprint density at radius 3 is 2.81 bits per heavy atom. The Kier molecular flexibility index (Phi) is 4.98. The van der Waals surface area contributed by atoms with E-state index in [0.29, 0.717) is 24.7 Å². The monoisotopic (exact) mass is 292 g/mol. The molecule has 0 aliphatic carbocycles. The molecule has 1 aromatic heterocycles. The minimum absolute atomic E-state index is 0.128. The van der Waals surface area contributed by atoms with Crippen molar-refractivity contribution in [3.63, 3.8) is 0 Å². The number of nitrogens with one attached hydrogen (secondary N) is 1. The molecule has 6 nitrogen and oxygen atoms in total. The van der Waals surface area contributed by atoms with Crippen LogP contribution in [0.2, 0.25) is 0 Å². The van der Waals surface area contributed by atoms with E-state index in [1.165, 1.54) is 6.42 Å². The quantitative estimate of drug-likeness (QED) is 0.908. The van der Waals surface area contributed by atoms with E-state index < -0.39 is 0 Å². The molecule has 0 unspecified atom stereocenters. The molecule has 2 amide bonds. The van der Waals surface area contributed by atoms with Gasteiger partial charge in [-0.25, -0.2) is 0 Å². The standard InChI is InChI=1S/C15H24N4O2/c1-11-10-13(18(3)17-11)15(21)16-8-7-14(20)19-9-5-4-6-12(19)2/h10,12H,4-9H2,1-3H3,(H,16,21)/t12-/m1/s1. The molecule has 1 aromatic rings. The number of aromatic nitrogens is 2. The van der Waals surface area contributed by atoms with Gasteiger partial charge in [0.05, 0.1) is 5.69 Å². The average Bonchev–Trinajstić information content (AvgIpc) is 2.78. The molecular formula is C15H24N4O2. The second-order valence-corrected chi connectivity index (χ2v) is 5.73. The van der Waals surface area contributed by atoms with Crippen LogP contribution in [0, 0.1) is 6.92 Å². The van der Waals surface area contributed by atoms with Gasteiger partial charge >= 0.3 is 0 Å². The second kappa shape index (κ2) is 6.74. The number of amides is 2. The molecule has 0 bridgehead atoms. The number of carbonyl (C=O) groups is 2. The van der Waals surface area contributed by atoms with E-state index in [-0.39, 0.29) is 11.8 Å². The maximum atomic E-state index is 12.2. The smallest absolute Gasteiger partial charge is 0.269 e. The van der Waals surface area contributed by atoms with Crippen molar-refractivity contribution in [1.82, 2.24) is 20.0 Å². The molecule has 1 fully saturated rings. The lowest BCUT2D eigenvalue weighted by Crippen LogP contribution is -2.43. The molecule has 2 rings (SSSR count). The zero-order valence-electron chi connectivity index (χ0n) is 13.1. The summed E-state index contributed by atoms with van der Waals surface area (Å²) in [6.07, 6.45) is 3.71. The first kappa shape index (κ1) is 15.5. The first-order chi connectivity index (χ1) is 9.99. The van der Waals surface area contributed by atoms with Crippen LogP contribution < -0.4 is 5.32 Å². The SMILES string of the molecule is Cc1cc(C(=O)NCCC(=O)N2CCCC[C@H]2C)n(C)n1. The highest BCUT2D eigenvalue weighted by molar-refractivity contribution is 5.92. The van der Waals surface area contributed by atoms with Crippen molar-refractivity contribution >= 4 is 11.8 Å². The summed E-state index contributed by atoms with van der Waals surface area (Å²) in [5.74, 6) is -0.0544. The van der Waals surface area contributed by atoms with Crippen LogP contribution >= 0.6 is 0 Å². The van der Waals surface area contributed by atoms with Gasteiger partial charge in [-0.2, -0.15) is 5.10 Å². The highest BCUT2D eigenvalue weighted by atomic mass is 16.2. The van der Waals surface area contributed by atoms with Crippen molar-refractivity contribution in [2.75, 3.05) is 13.1 Å². The Balaban J connectivity index is 1.80. The molecule has 6 heteroatoms. The molecular weight excluding hydrogens is 268 g/mol. The number of carbonyl (C=O) groups excluding carboxylic acids is 2. The van der Waals surface area contributed by atoms with Crippen LogP contribution in [0.5, 0.6) is 0 Å². The third kappa shape index (κ3) is 3.83. The maximum absolute atomic E-state index is 12.2. The van der Waals surface area contributed by atoms with Gasteiger partial charge in [-0.15, -0.1) is 0 Å². The van der Waals surface area contributed by atoms with Gasteiger partial charge in [-0.3, -0.25) is 14.3 Å². The van der Waals surface area contributed by atoms with Gasteiger partial charge in [0, 0.05) is 32.6 Å². The molecule has 2 heterocycles. The van der Waals surface area contributed by atoms with Gasteiger partial charge < -0.3 is 10.2 Å². The number of likely N-dealkylation sites (tertiary alicyclic amines) is 1. The molecule has 1 aliphatic heterocycles. The number of hydrogen-bond donors (Lipinski definition) is 1. The molecule has 1 aliphatic rings. The van der Waals surface area contributed by atoms with Crippen LogP contribution in [-0.2, 0) is 11.8 Å². The second-order valence-electron chi connectivity index (χ2n) is 5.73. The highest BCUT2D eigenvalue weighted by Gasteiger charge is 2.22. The predicted octanol–water partition coefficient (Wildman–Crippen LogP) is 1.25. The van der Waals surface area contributed by atoms with Crippen molar-refractivity contribution < 1.29 is 9.59 Å². The number of rotatable bonds is 4. The van der Waals surface area contributed by atoms with Crippen molar-refractivity contribution in [1.29, 1.82) is 0 Å². The Bertz CT molecular complexity index is 524. The van der Waals surface area contributed by atoms with Gasteiger partial charge in [0.15, 0.2) is 0 Å². The first-order valence-electron chi connectivity index (χ1n) is 7.57. The minimum atomic E-state index is -0.183. The van der Waals surface area contributed by atoms with Crippen LogP contribution in [0.25, 0.3) is 0 Å². The zero-order chi connectivity index (χ0) is 15.4. The van der Waals surface area contributed by atoms with Crippen LogP contribution in [0.3, 0.4) is 0 Å². The minimum Gasteiger partial charge on any atom is -0.350 e. The number of piperidine rings is 1. The molecule has 1 saturated heterocycles. The van der Waals surface area contributed by atoms with E-state index >= 15 is 0 Å². The molecule has 0 aromatic carbocycles. The number of nitrogens with zero attached hydrogens (tertiary/aromatic N) is 3. The molecule has 0 radical (unpaired) electrons. The Morgan fingerprint density at radius 1 is 1.43 bits per heavy atom. The van der Waals surface area contributed by atoms with E-state index in [1.54, 1.807) is 17.8 Å². The lowest BCUT2D eigenvalue weighted by molar-refractivity contribution is -0.134. The summed E-state index contributed by atoms with van der Waals surface area (Å²) in [7, 11) is 1.74. The van der Waals surface area contributed by atoms with Crippen molar-refractivity contribution in [3.05, 3.63) is 17.5 Å². The summed E-state index contributed by atoms with van der Waals surface area (Å²) in [4.78, 5) is 26.1. The van der Waals surface area contributed by atoms with Crippen molar-refractivity contribution in [3.8, 4) is 0 Å². The molecule has 1 N–H and O–H groups in total. The van der Waals surface area contributed by atoms with Gasteiger partial charge in [0.2, 0.25) is 5.91 Å². The summed E-state index contributed by atoms with van der Waals surface area (Å²) in [5.41, 5.74) is 1.33.